The van der Waals surface area contributed by atoms with E-state index in [1.807, 2.05) is 0 Å². The van der Waals surface area contributed by atoms with Crippen molar-refractivity contribution in [2.75, 3.05) is 18.8 Å². The Kier molecular flexibility index (Phi) is 4.30. The molecule has 0 N–H and O–H groups in total. The number of hydrogen-bond acceptors (Lipinski definition) is 4. The summed E-state index contributed by atoms with van der Waals surface area (Å²) in [4.78, 5) is 13.2. The number of carbonyl (C=O) groups is 1. The summed E-state index contributed by atoms with van der Waals surface area (Å²) in [5.74, 6) is -0.182. The van der Waals surface area contributed by atoms with Crippen molar-refractivity contribution in [3.8, 4) is 0 Å². The van der Waals surface area contributed by atoms with Gasteiger partial charge in [0.05, 0.1) is 5.75 Å². The zero-order chi connectivity index (χ0) is 13.3. The summed E-state index contributed by atoms with van der Waals surface area (Å²) in [5, 5.41) is 0. The fourth-order valence-corrected chi connectivity index (χ4v) is 3.11. The summed E-state index contributed by atoms with van der Waals surface area (Å²) in [6, 6.07) is 0. The number of hydrogen-bond donors (Lipinski definition) is 0. The molecule has 1 saturated heterocycles. The monoisotopic (exact) mass is 283 g/mol. The van der Waals surface area contributed by atoms with E-state index in [2.05, 4.69) is 0 Å². The van der Waals surface area contributed by atoms with Gasteiger partial charge in [-0.05, 0) is 33.1 Å². The second-order valence-corrected chi connectivity index (χ2v) is 8.11. The Bertz CT molecular complexity index is 388. The van der Waals surface area contributed by atoms with E-state index >= 15 is 0 Å². The van der Waals surface area contributed by atoms with Crippen LogP contribution in [-0.4, -0.2) is 43.9 Å². The number of likely N-dealkylation sites (tertiary alicyclic amines) is 1. The summed E-state index contributed by atoms with van der Waals surface area (Å²) in [7, 11) is 1.69. The molecule has 100 valence electrons. The molecule has 1 fully saturated rings. The lowest BCUT2D eigenvalue weighted by Gasteiger charge is -2.24. The van der Waals surface area contributed by atoms with Crippen LogP contribution in [0.5, 0.6) is 0 Å². The number of carbonyl (C=O) groups excluding carboxylic acids is 1. The van der Waals surface area contributed by atoms with Crippen molar-refractivity contribution >= 4 is 25.8 Å². The Labute approximate surface area is 106 Å². The Morgan fingerprint density at radius 3 is 2.53 bits per heavy atom. The highest BCUT2D eigenvalue weighted by Gasteiger charge is 2.31. The van der Waals surface area contributed by atoms with Crippen LogP contribution in [0, 0.1) is 5.92 Å². The van der Waals surface area contributed by atoms with Gasteiger partial charge in [-0.25, -0.2) is 13.2 Å². The molecule has 1 amide bonds. The largest absolute Gasteiger partial charge is 0.444 e. The van der Waals surface area contributed by atoms with Gasteiger partial charge in [-0.15, -0.1) is 0 Å². The SMILES string of the molecule is CC(C)(C)OC(=O)N1CC[C@@H](CS(=O)(=O)Cl)C1. The van der Waals surface area contributed by atoms with E-state index in [1.165, 1.54) is 4.90 Å². The highest BCUT2D eigenvalue weighted by Crippen LogP contribution is 2.21. The maximum Gasteiger partial charge on any atom is 0.410 e. The Hall–Kier alpha value is -0.490. The van der Waals surface area contributed by atoms with Crippen molar-refractivity contribution in [3.63, 3.8) is 0 Å². The van der Waals surface area contributed by atoms with Gasteiger partial charge in [0.1, 0.15) is 5.60 Å². The summed E-state index contributed by atoms with van der Waals surface area (Å²) < 4.78 is 27.1. The van der Waals surface area contributed by atoms with Gasteiger partial charge in [0.25, 0.3) is 0 Å². The highest BCUT2D eigenvalue weighted by molar-refractivity contribution is 8.13. The summed E-state index contributed by atoms with van der Waals surface area (Å²) in [5.41, 5.74) is -0.534. The average Bonchev–Trinajstić information content (AvgIpc) is 2.45. The minimum atomic E-state index is -3.50. The van der Waals surface area contributed by atoms with Crippen molar-refractivity contribution < 1.29 is 17.9 Å². The Morgan fingerprint density at radius 2 is 2.06 bits per heavy atom. The fourth-order valence-electron chi connectivity index (χ4n) is 1.74. The second kappa shape index (κ2) is 5.02. The molecule has 0 aromatic heterocycles. The van der Waals surface area contributed by atoms with Gasteiger partial charge in [0, 0.05) is 23.8 Å². The first kappa shape index (κ1) is 14.6. The summed E-state index contributed by atoms with van der Waals surface area (Å²) in [6.45, 7) is 6.29. The van der Waals surface area contributed by atoms with E-state index in [-0.39, 0.29) is 11.7 Å². The van der Waals surface area contributed by atoms with Crippen molar-refractivity contribution in [3.05, 3.63) is 0 Å². The number of amides is 1. The molecule has 0 aromatic carbocycles. The molecule has 1 aliphatic rings. The minimum absolute atomic E-state index is 0.0894. The molecule has 1 aliphatic heterocycles. The van der Waals surface area contributed by atoms with Crippen molar-refractivity contribution in [1.29, 1.82) is 0 Å². The normalized spacial score (nSPS) is 21.6. The summed E-state index contributed by atoms with van der Waals surface area (Å²) >= 11 is 0. The molecule has 1 rings (SSSR count). The number of rotatable bonds is 2. The fraction of sp³-hybridized carbons (Fsp3) is 0.900. The lowest BCUT2D eigenvalue weighted by molar-refractivity contribution is 0.0289. The molecule has 0 aliphatic carbocycles. The standard InChI is InChI=1S/C10H18ClNO4S/c1-10(2,3)16-9(13)12-5-4-8(6-12)7-17(11,14)15/h8H,4-7H2,1-3H3/t8-/m1/s1. The van der Waals surface area contributed by atoms with E-state index < -0.39 is 20.7 Å². The van der Waals surface area contributed by atoms with Crippen LogP contribution in [0.1, 0.15) is 27.2 Å². The highest BCUT2D eigenvalue weighted by atomic mass is 35.7. The van der Waals surface area contributed by atoms with Crippen LogP contribution in [0.3, 0.4) is 0 Å². The van der Waals surface area contributed by atoms with Crippen molar-refractivity contribution in [1.82, 2.24) is 4.90 Å². The Morgan fingerprint density at radius 1 is 1.47 bits per heavy atom. The smallest absolute Gasteiger partial charge is 0.410 e. The molecule has 0 aromatic rings. The van der Waals surface area contributed by atoms with Crippen molar-refractivity contribution in [2.45, 2.75) is 32.8 Å². The van der Waals surface area contributed by atoms with Gasteiger partial charge < -0.3 is 9.64 Å². The van der Waals surface area contributed by atoms with Crippen molar-refractivity contribution in [2.24, 2.45) is 5.92 Å². The maximum atomic E-state index is 11.7. The van der Waals surface area contributed by atoms with Crippen LogP contribution in [0.2, 0.25) is 0 Å². The van der Waals surface area contributed by atoms with Gasteiger partial charge in [-0.3, -0.25) is 0 Å². The first-order chi connectivity index (χ1) is 7.57. The van der Waals surface area contributed by atoms with Crippen LogP contribution in [-0.2, 0) is 13.8 Å². The molecule has 0 bridgehead atoms. The molecule has 1 heterocycles. The van der Waals surface area contributed by atoms with Gasteiger partial charge in [0.15, 0.2) is 0 Å². The molecule has 1 atom stereocenters. The lowest BCUT2D eigenvalue weighted by atomic mass is 10.2. The molecule has 0 unspecified atom stereocenters. The lowest BCUT2D eigenvalue weighted by Crippen LogP contribution is -2.35. The second-order valence-electron chi connectivity index (χ2n) is 5.29. The topological polar surface area (TPSA) is 63.7 Å². The van der Waals surface area contributed by atoms with Crippen LogP contribution < -0.4 is 0 Å². The summed E-state index contributed by atoms with van der Waals surface area (Å²) in [6.07, 6.45) is 0.248. The molecule has 0 spiro atoms. The maximum absolute atomic E-state index is 11.7. The van der Waals surface area contributed by atoms with E-state index in [9.17, 15) is 13.2 Å². The zero-order valence-corrected chi connectivity index (χ0v) is 11.8. The Balaban J connectivity index is 2.48. The van der Waals surface area contributed by atoms with E-state index in [0.29, 0.717) is 19.5 Å². The van der Waals surface area contributed by atoms with Crippen LogP contribution >= 0.6 is 10.7 Å². The van der Waals surface area contributed by atoms with E-state index in [4.69, 9.17) is 15.4 Å². The number of halogens is 1. The predicted molar refractivity (Wildman–Crippen MR) is 65.6 cm³/mol. The van der Waals surface area contributed by atoms with Gasteiger partial charge in [-0.2, -0.15) is 0 Å². The third kappa shape index (κ3) is 5.59. The number of ether oxygens (including phenoxy) is 1. The van der Waals surface area contributed by atoms with Gasteiger partial charge in [-0.1, -0.05) is 0 Å². The molecule has 17 heavy (non-hydrogen) atoms. The molecular formula is C10H18ClNO4S. The van der Waals surface area contributed by atoms with E-state index in [0.717, 1.165) is 0 Å². The number of nitrogens with zero attached hydrogens (tertiary/aromatic N) is 1. The molecule has 7 heteroatoms. The minimum Gasteiger partial charge on any atom is -0.444 e. The van der Waals surface area contributed by atoms with Gasteiger partial charge in [0.2, 0.25) is 9.05 Å². The molecule has 0 saturated carbocycles. The van der Waals surface area contributed by atoms with Crippen LogP contribution in [0.4, 0.5) is 4.79 Å². The van der Waals surface area contributed by atoms with E-state index in [1.54, 1.807) is 20.8 Å². The third-order valence-electron chi connectivity index (χ3n) is 2.37. The van der Waals surface area contributed by atoms with Gasteiger partial charge >= 0.3 is 6.09 Å². The molecule has 0 radical (unpaired) electrons. The van der Waals surface area contributed by atoms with Crippen LogP contribution in [0.25, 0.3) is 0 Å². The predicted octanol–water partition coefficient (Wildman–Crippen LogP) is 1.81. The molecular weight excluding hydrogens is 266 g/mol. The quantitative estimate of drug-likeness (QED) is 0.725. The average molecular weight is 284 g/mol. The first-order valence-electron chi connectivity index (χ1n) is 5.47. The third-order valence-corrected chi connectivity index (χ3v) is 3.62. The molecule has 5 nitrogen and oxygen atoms in total. The first-order valence-corrected chi connectivity index (χ1v) is 7.95. The van der Waals surface area contributed by atoms with Crippen LogP contribution in [0.15, 0.2) is 0 Å². The zero-order valence-electron chi connectivity index (χ0n) is 10.3.